The molecular weight excluding hydrogens is 363 g/mol. The summed E-state index contributed by atoms with van der Waals surface area (Å²) in [7, 11) is 0. The summed E-state index contributed by atoms with van der Waals surface area (Å²) in [5, 5.41) is 6.65. The van der Waals surface area contributed by atoms with Crippen LogP contribution in [0, 0.1) is 0 Å². The van der Waals surface area contributed by atoms with Crippen LogP contribution in [-0.2, 0) is 13.0 Å². The SMILES string of the molecule is O=C(NCc1csc(Cc2ccccc2)n1)c1ccc(Cl)cc1Cl. The van der Waals surface area contributed by atoms with E-state index >= 15 is 0 Å². The molecule has 1 amide bonds. The van der Waals surface area contributed by atoms with Gasteiger partial charge < -0.3 is 5.32 Å². The third-order valence-corrected chi connectivity index (χ3v) is 4.85. The highest BCUT2D eigenvalue weighted by molar-refractivity contribution is 7.09. The third-order valence-electron chi connectivity index (χ3n) is 3.40. The minimum absolute atomic E-state index is 0.241. The zero-order chi connectivity index (χ0) is 16.9. The maximum Gasteiger partial charge on any atom is 0.253 e. The molecule has 1 N–H and O–H groups in total. The summed E-state index contributed by atoms with van der Waals surface area (Å²) in [6, 6.07) is 15.0. The van der Waals surface area contributed by atoms with Crippen LogP contribution in [0.15, 0.2) is 53.9 Å². The van der Waals surface area contributed by atoms with Crippen LogP contribution < -0.4 is 5.32 Å². The first-order valence-electron chi connectivity index (χ1n) is 7.32. The highest BCUT2D eigenvalue weighted by Crippen LogP contribution is 2.21. The Morgan fingerprint density at radius 2 is 1.92 bits per heavy atom. The van der Waals surface area contributed by atoms with E-state index in [0.29, 0.717) is 22.2 Å². The van der Waals surface area contributed by atoms with Gasteiger partial charge in [0.2, 0.25) is 0 Å². The number of carbonyl (C=O) groups is 1. The van der Waals surface area contributed by atoms with Gasteiger partial charge in [0.25, 0.3) is 5.91 Å². The predicted molar refractivity (Wildman–Crippen MR) is 99.0 cm³/mol. The molecule has 0 bridgehead atoms. The van der Waals surface area contributed by atoms with Crippen molar-refractivity contribution in [2.24, 2.45) is 0 Å². The van der Waals surface area contributed by atoms with E-state index in [4.69, 9.17) is 23.2 Å². The van der Waals surface area contributed by atoms with E-state index in [0.717, 1.165) is 17.1 Å². The van der Waals surface area contributed by atoms with Gasteiger partial charge >= 0.3 is 0 Å². The molecule has 0 saturated heterocycles. The highest BCUT2D eigenvalue weighted by Gasteiger charge is 2.11. The standard InChI is InChI=1S/C18H14Cl2N2OS/c19-13-6-7-15(16(20)9-13)18(23)21-10-14-11-24-17(22-14)8-12-4-2-1-3-5-12/h1-7,9,11H,8,10H2,(H,21,23). The fraction of sp³-hybridized carbons (Fsp3) is 0.111. The molecule has 0 fully saturated rings. The number of amides is 1. The van der Waals surface area contributed by atoms with Crippen molar-refractivity contribution in [2.75, 3.05) is 0 Å². The molecule has 2 aromatic carbocycles. The maximum atomic E-state index is 12.2. The second kappa shape index (κ2) is 7.79. The van der Waals surface area contributed by atoms with Crippen LogP contribution in [0.3, 0.4) is 0 Å². The zero-order valence-corrected chi connectivity index (χ0v) is 15.0. The number of halogens is 2. The minimum Gasteiger partial charge on any atom is -0.346 e. The molecule has 0 aliphatic heterocycles. The fourth-order valence-corrected chi connectivity index (χ4v) is 3.54. The largest absolute Gasteiger partial charge is 0.346 e. The second-order valence-corrected chi connectivity index (χ2v) is 6.99. The molecule has 3 rings (SSSR count). The van der Waals surface area contributed by atoms with Gasteiger partial charge in [0.1, 0.15) is 0 Å². The predicted octanol–water partition coefficient (Wildman–Crippen LogP) is 4.97. The van der Waals surface area contributed by atoms with Crippen LogP contribution in [-0.4, -0.2) is 10.9 Å². The van der Waals surface area contributed by atoms with Gasteiger partial charge in [-0.15, -0.1) is 11.3 Å². The molecule has 0 aliphatic carbocycles. The van der Waals surface area contributed by atoms with Crippen LogP contribution in [0.25, 0.3) is 0 Å². The van der Waals surface area contributed by atoms with Gasteiger partial charge in [-0.3, -0.25) is 4.79 Å². The molecular formula is C18H14Cl2N2OS. The molecule has 3 aromatic rings. The molecule has 0 aliphatic rings. The number of hydrogen-bond acceptors (Lipinski definition) is 3. The second-order valence-electron chi connectivity index (χ2n) is 5.20. The van der Waals surface area contributed by atoms with Gasteiger partial charge in [-0.05, 0) is 23.8 Å². The summed E-state index contributed by atoms with van der Waals surface area (Å²) in [6.45, 7) is 0.364. The first-order chi connectivity index (χ1) is 11.6. The number of nitrogens with one attached hydrogen (secondary N) is 1. The Morgan fingerprint density at radius 3 is 2.67 bits per heavy atom. The smallest absolute Gasteiger partial charge is 0.253 e. The summed E-state index contributed by atoms with van der Waals surface area (Å²) < 4.78 is 0. The molecule has 24 heavy (non-hydrogen) atoms. The van der Waals surface area contributed by atoms with Crippen molar-refractivity contribution in [3.63, 3.8) is 0 Å². The first-order valence-corrected chi connectivity index (χ1v) is 8.96. The molecule has 1 aromatic heterocycles. The van der Waals surface area contributed by atoms with Crippen LogP contribution in [0.5, 0.6) is 0 Å². The van der Waals surface area contributed by atoms with E-state index < -0.39 is 0 Å². The van der Waals surface area contributed by atoms with Gasteiger partial charge in [-0.1, -0.05) is 53.5 Å². The van der Waals surface area contributed by atoms with E-state index in [-0.39, 0.29) is 5.91 Å². The first kappa shape index (κ1) is 17.0. The van der Waals surface area contributed by atoms with Gasteiger partial charge in [0, 0.05) is 16.8 Å². The lowest BCUT2D eigenvalue weighted by molar-refractivity contribution is 0.0950. The molecule has 122 valence electrons. The summed E-state index contributed by atoms with van der Waals surface area (Å²) >= 11 is 13.5. The number of carbonyl (C=O) groups excluding carboxylic acids is 1. The average Bonchev–Trinajstić information content (AvgIpc) is 3.01. The molecule has 0 unspecified atom stereocenters. The lowest BCUT2D eigenvalue weighted by Crippen LogP contribution is -2.23. The van der Waals surface area contributed by atoms with Gasteiger partial charge in [-0.25, -0.2) is 4.98 Å². The van der Waals surface area contributed by atoms with E-state index in [2.05, 4.69) is 22.4 Å². The van der Waals surface area contributed by atoms with Crippen molar-refractivity contribution in [3.05, 3.63) is 85.8 Å². The zero-order valence-electron chi connectivity index (χ0n) is 12.6. The average molecular weight is 377 g/mol. The summed E-state index contributed by atoms with van der Waals surface area (Å²) in [6.07, 6.45) is 0.794. The Hall–Kier alpha value is -1.88. The van der Waals surface area contributed by atoms with Crippen molar-refractivity contribution in [1.82, 2.24) is 10.3 Å². The molecule has 6 heteroatoms. The normalized spacial score (nSPS) is 10.6. The molecule has 0 saturated carbocycles. The van der Waals surface area contributed by atoms with Crippen molar-refractivity contribution in [3.8, 4) is 0 Å². The van der Waals surface area contributed by atoms with Crippen molar-refractivity contribution < 1.29 is 4.79 Å². The monoisotopic (exact) mass is 376 g/mol. The lowest BCUT2D eigenvalue weighted by Gasteiger charge is -2.05. The Kier molecular flexibility index (Phi) is 5.51. The Labute approximate surface area is 154 Å². The van der Waals surface area contributed by atoms with Crippen molar-refractivity contribution in [1.29, 1.82) is 0 Å². The van der Waals surface area contributed by atoms with E-state index in [1.54, 1.807) is 29.5 Å². The van der Waals surface area contributed by atoms with E-state index in [1.807, 2.05) is 23.6 Å². The molecule has 0 radical (unpaired) electrons. The number of aromatic nitrogens is 1. The number of benzene rings is 2. The fourth-order valence-electron chi connectivity index (χ4n) is 2.22. The Balaban J connectivity index is 1.60. The Bertz CT molecular complexity index is 849. The number of nitrogens with zero attached hydrogens (tertiary/aromatic N) is 1. The van der Waals surface area contributed by atoms with Crippen LogP contribution >= 0.6 is 34.5 Å². The maximum absolute atomic E-state index is 12.2. The molecule has 1 heterocycles. The summed E-state index contributed by atoms with van der Waals surface area (Å²) in [5.41, 5.74) is 2.46. The van der Waals surface area contributed by atoms with Crippen LogP contribution in [0.2, 0.25) is 10.0 Å². The number of rotatable bonds is 5. The topological polar surface area (TPSA) is 42.0 Å². The molecule has 0 atom stereocenters. The van der Waals surface area contributed by atoms with Gasteiger partial charge in [0.05, 0.1) is 27.8 Å². The lowest BCUT2D eigenvalue weighted by atomic mass is 10.2. The number of thiazole rings is 1. The quantitative estimate of drug-likeness (QED) is 0.682. The van der Waals surface area contributed by atoms with Gasteiger partial charge in [0.15, 0.2) is 0 Å². The third kappa shape index (κ3) is 4.35. The summed E-state index contributed by atoms with van der Waals surface area (Å²) in [5.74, 6) is -0.241. The molecule has 0 spiro atoms. The molecule has 3 nitrogen and oxygen atoms in total. The van der Waals surface area contributed by atoms with Crippen molar-refractivity contribution in [2.45, 2.75) is 13.0 Å². The van der Waals surface area contributed by atoms with E-state index in [1.165, 1.54) is 5.56 Å². The van der Waals surface area contributed by atoms with Crippen molar-refractivity contribution >= 4 is 40.4 Å². The Morgan fingerprint density at radius 1 is 1.12 bits per heavy atom. The summed E-state index contributed by atoms with van der Waals surface area (Å²) in [4.78, 5) is 16.7. The van der Waals surface area contributed by atoms with Crippen LogP contribution in [0.4, 0.5) is 0 Å². The van der Waals surface area contributed by atoms with Crippen LogP contribution in [0.1, 0.15) is 26.6 Å². The number of hydrogen-bond donors (Lipinski definition) is 1. The minimum atomic E-state index is -0.241. The van der Waals surface area contributed by atoms with Gasteiger partial charge in [-0.2, -0.15) is 0 Å². The van der Waals surface area contributed by atoms with E-state index in [9.17, 15) is 4.79 Å². The highest BCUT2D eigenvalue weighted by atomic mass is 35.5.